The van der Waals surface area contributed by atoms with Crippen molar-refractivity contribution >= 4 is 67.5 Å². The zero-order chi connectivity index (χ0) is 27.9. The Bertz CT molecular complexity index is 1490. The van der Waals surface area contributed by atoms with Crippen LogP contribution >= 0.6 is 23.2 Å². The first-order valence-electron chi connectivity index (χ1n) is 11.1. The van der Waals surface area contributed by atoms with Crippen LogP contribution in [0.15, 0.2) is 47.5 Å². The van der Waals surface area contributed by atoms with Crippen molar-refractivity contribution in [2.45, 2.75) is 31.3 Å². The van der Waals surface area contributed by atoms with Crippen molar-refractivity contribution in [1.82, 2.24) is 9.47 Å². The molecule has 0 unspecified atom stereocenters. The molecule has 9 nitrogen and oxygen atoms in total. The SMILES string of the molecule is CN(C)C(=O)C(=O)c1cn(C)c2cc(N(CC(=O)OC(C)(C)C)S(=O)(=O)c3cc(Cl)cc(Cl)c3)ccc12. The van der Waals surface area contributed by atoms with Crippen LogP contribution in [0.25, 0.3) is 10.9 Å². The Hall–Kier alpha value is -3.08. The van der Waals surface area contributed by atoms with Gasteiger partial charge >= 0.3 is 5.97 Å². The van der Waals surface area contributed by atoms with Gasteiger partial charge in [-0.15, -0.1) is 0 Å². The van der Waals surface area contributed by atoms with Gasteiger partial charge in [-0.3, -0.25) is 18.7 Å². The van der Waals surface area contributed by atoms with Crippen LogP contribution in [-0.2, 0) is 31.4 Å². The summed E-state index contributed by atoms with van der Waals surface area (Å²) >= 11 is 12.1. The summed E-state index contributed by atoms with van der Waals surface area (Å²) < 4.78 is 35.3. The first-order chi connectivity index (χ1) is 17.0. The van der Waals surface area contributed by atoms with Crippen LogP contribution in [-0.4, -0.2) is 61.8 Å². The fourth-order valence-electron chi connectivity index (χ4n) is 3.64. The minimum absolute atomic E-state index is 0.106. The summed E-state index contributed by atoms with van der Waals surface area (Å²) in [6.45, 7) is 4.38. The van der Waals surface area contributed by atoms with Gasteiger partial charge in [0, 0.05) is 42.8 Å². The number of amides is 1. The fraction of sp³-hybridized carbons (Fsp3) is 0.320. The average molecular weight is 568 g/mol. The van der Waals surface area contributed by atoms with E-state index in [1.165, 1.54) is 61.6 Å². The number of nitrogens with zero attached hydrogens (tertiary/aromatic N) is 3. The van der Waals surface area contributed by atoms with E-state index < -0.39 is 39.8 Å². The zero-order valence-electron chi connectivity index (χ0n) is 21.2. The Morgan fingerprint density at radius 3 is 2.14 bits per heavy atom. The lowest BCUT2D eigenvalue weighted by Gasteiger charge is -2.26. The van der Waals surface area contributed by atoms with Gasteiger partial charge in [0.1, 0.15) is 12.1 Å². The number of sulfonamides is 1. The number of fused-ring (bicyclic) bond motifs is 1. The molecule has 0 saturated carbocycles. The molecule has 2 aromatic carbocycles. The van der Waals surface area contributed by atoms with Gasteiger partial charge in [0.2, 0.25) is 0 Å². The van der Waals surface area contributed by atoms with Gasteiger partial charge in [-0.2, -0.15) is 0 Å². The summed E-state index contributed by atoms with van der Waals surface area (Å²) in [7, 11) is 0.275. The van der Waals surface area contributed by atoms with E-state index >= 15 is 0 Å². The zero-order valence-corrected chi connectivity index (χ0v) is 23.5. The Labute approximate surface area is 225 Å². The monoisotopic (exact) mass is 567 g/mol. The van der Waals surface area contributed by atoms with E-state index in [2.05, 4.69) is 0 Å². The molecule has 3 aromatic rings. The third-order valence-corrected chi connectivity index (χ3v) is 7.41. The summed E-state index contributed by atoms with van der Waals surface area (Å²) in [5.74, 6) is -2.16. The maximum atomic E-state index is 13.7. The lowest BCUT2D eigenvalue weighted by Crippen LogP contribution is -2.39. The number of anilines is 1. The Balaban J connectivity index is 2.17. The summed E-state index contributed by atoms with van der Waals surface area (Å²) in [4.78, 5) is 38.7. The number of hydrogen-bond donors (Lipinski definition) is 0. The minimum Gasteiger partial charge on any atom is -0.459 e. The van der Waals surface area contributed by atoms with Crippen molar-refractivity contribution in [3.63, 3.8) is 0 Å². The Morgan fingerprint density at radius 1 is 1.00 bits per heavy atom. The van der Waals surface area contributed by atoms with Gasteiger partial charge in [0.25, 0.3) is 21.7 Å². The van der Waals surface area contributed by atoms with Crippen LogP contribution in [0.2, 0.25) is 10.0 Å². The summed E-state index contributed by atoms with van der Waals surface area (Å²) in [5, 5.41) is 0.664. The van der Waals surface area contributed by atoms with Crippen molar-refractivity contribution in [1.29, 1.82) is 0 Å². The van der Waals surface area contributed by atoms with Crippen LogP contribution < -0.4 is 4.31 Å². The summed E-state index contributed by atoms with van der Waals surface area (Å²) in [6, 6.07) is 8.35. The molecule has 198 valence electrons. The summed E-state index contributed by atoms with van der Waals surface area (Å²) in [6.07, 6.45) is 1.50. The van der Waals surface area contributed by atoms with Gasteiger partial charge in [0.05, 0.1) is 21.7 Å². The van der Waals surface area contributed by atoms with E-state index in [1.54, 1.807) is 32.4 Å². The number of aryl methyl sites for hydroxylation is 1. The molecule has 37 heavy (non-hydrogen) atoms. The number of carbonyl (C=O) groups is 3. The van der Waals surface area contributed by atoms with Crippen LogP contribution in [0, 0.1) is 0 Å². The first-order valence-corrected chi connectivity index (χ1v) is 13.3. The molecule has 0 aliphatic heterocycles. The molecule has 1 amide bonds. The minimum atomic E-state index is -4.34. The molecular formula is C25H27Cl2N3O6S. The van der Waals surface area contributed by atoms with Crippen molar-refractivity contribution in [3.05, 3.63) is 58.2 Å². The molecular weight excluding hydrogens is 541 g/mol. The van der Waals surface area contributed by atoms with Gasteiger partial charge in [-0.25, -0.2) is 8.42 Å². The Kier molecular flexibility index (Phi) is 7.97. The van der Waals surface area contributed by atoms with Crippen molar-refractivity contribution < 1.29 is 27.5 Å². The second-order valence-corrected chi connectivity index (χ2v) is 12.3. The molecule has 0 N–H and O–H groups in total. The van der Waals surface area contributed by atoms with Crippen molar-refractivity contribution in [2.75, 3.05) is 24.9 Å². The second kappa shape index (κ2) is 10.4. The van der Waals surface area contributed by atoms with Gasteiger partial charge in [0.15, 0.2) is 0 Å². The molecule has 1 aromatic heterocycles. The largest absolute Gasteiger partial charge is 0.459 e. The molecule has 1 heterocycles. The molecule has 0 aliphatic carbocycles. The predicted octanol–water partition coefficient (Wildman–Crippen LogP) is 4.29. The van der Waals surface area contributed by atoms with Crippen LogP contribution in [0.5, 0.6) is 0 Å². The third-order valence-electron chi connectivity index (χ3n) is 5.22. The number of ketones is 1. The predicted molar refractivity (Wildman–Crippen MR) is 143 cm³/mol. The standard InChI is InChI=1S/C25H27Cl2N3O6S/c1-25(2,3)36-22(31)14-30(37(34,35)18-10-15(26)9-16(27)11-18)17-7-8-19-20(13-29(6)21(19)12-17)23(32)24(33)28(4)5/h7-13H,14H2,1-6H3. The highest BCUT2D eigenvalue weighted by Gasteiger charge is 2.31. The molecule has 0 spiro atoms. The third kappa shape index (κ3) is 6.26. The first kappa shape index (κ1) is 28.5. The number of benzene rings is 2. The Morgan fingerprint density at radius 2 is 1.59 bits per heavy atom. The number of halogens is 2. The normalized spacial score (nSPS) is 11.9. The number of hydrogen-bond acceptors (Lipinski definition) is 6. The highest BCUT2D eigenvalue weighted by molar-refractivity contribution is 7.92. The van der Waals surface area contributed by atoms with Crippen LogP contribution in [0.3, 0.4) is 0 Å². The van der Waals surface area contributed by atoms with Gasteiger partial charge < -0.3 is 14.2 Å². The number of rotatable bonds is 7. The number of aromatic nitrogens is 1. The lowest BCUT2D eigenvalue weighted by atomic mass is 10.1. The van der Waals surface area contributed by atoms with Gasteiger partial charge in [-0.1, -0.05) is 23.2 Å². The second-order valence-electron chi connectivity index (χ2n) is 9.59. The average Bonchev–Trinajstić information content (AvgIpc) is 3.10. The summed E-state index contributed by atoms with van der Waals surface area (Å²) in [5.41, 5.74) is -0.0669. The smallest absolute Gasteiger partial charge is 0.327 e. The van der Waals surface area contributed by atoms with Crippen molar-refractivity contribution in [3.8, 4) is 0 Å². The molecule has 0 atom stereocenters. The molecule has 0 saturated heterocycles. The highest BCUT2D eigenvalue weighted by Crippen LogP contribution is 2.32. The van der Waals surface area contributed by atoms with E-state index in [-0.39, 0.29) is 26.2 Å². The van der Waals surface area contributed by atoms with E-state index in [9.17, 15) is 22.8 Å². The molecule has 0 bridgehead atoms. The van der Waals surface area contributed by atoms with E-state index in [4.69, 9.17) is 27.9 Å². The van der Waals surface area contributed by atoms with E-state index in [1.807, 2.05) is 0 Å². The number of esters is 1. The fourth-order valence-corrected chi connectivity index (χ4v) is 5.77. The number of likely N-dealkylation sites (N-methyl/N-ethyl adjacent to an activating group) is 1. The number of carbonyl (C=O) groups excluding carboxylic acids is 3. The van der Waals surface area contributed by atoms with E-state index in [0.717, 1.165) is 4.31 Å². The molecule has 3 rings (SSSR count). The molecule has 0 radical (unpaired) electrons. The topological polar surface area (TPSA) is 106 Å². The molecule has 0 aliphatic rings. The van der Waals surface area contributed by atoms with E-state index in [0.29, 0.717) is 10.9 Å². The number of Topliss-reactive ketones (excluding diaryl/α,β-unsaturated/α-hetero) is 1. The van der Waals surface area contributed by atoms with Crippen LogP contribution in [0.4, 0.5) is 5.69 Å². The lowest BCUT2D eigenvalue weighted by molar-refractivity contribution is -0.152. The quantitative estimate of drug-likeness (QED) is 0.239. The van der Waals surface area contributed by atoms with Crippen molar-refractivity contribution in [2.24, 2.45) is 7.05 Å². The van der Waals surface area contributed by atoms with Crippen LogP contribution in [0.1, 0.15) is 31.1 Å². The number of ether oxygens (including phenoxy) is 1. The highest BCUT2D eigenvalue weighted by atomic mass is 35.5. The maximum Gasteiger partial charge on any atom is 0.327 e. The van der Waals surface area contributed by atoms with Gasteiger partial charge in [-0.05, 0) is 57.2 Å². The molecule has 12 heteroatoms. The maximum absolute atomic E-state index is 13.7. The molecule has 0 fully saturated rings.